The second-order valence-corrected chi connectivity index (χ2v) is 7.92. The molecule has 30 heavy (non-hydrogen) atoms. The molecule has 0 amide bonds. The Labute approximate surface area is 176 Å². The van der Waals surface area contributed by atoms with Crippen LogP contribution in [0.3, 0.4) is 0 Å². The summed E-state index contributed by atoms with van der Waals surface area (Å²) in [4.78, 5) is 28.6. The van der Waals surface area contributed by atoms with Gasteiger partial charge in [0, 0.05) is 10.9 Å². The molecule has 2 aromatic carbocycles. The van der Waals surface area contributed by atoms with Gasteiger partial charge in [0.1, 0.15) is 22.4 Å². The van der Waals surface area contributed by atoms with Crippen molar-refractivity contribution in [3.8, 4) is 27.9 Å². The molecule has 9 nitrogen and oxygen atoms in total. The van der Waals surface area contributed by atoms with Crippen molar-refractivity contribution in [1.29, 1.82) is 0 Å². The van der Waals surface area contributed by atoms with Gasteiger partial charge in [0.05, 0.1) is 4.90 Å². The lowest BCUT2D eigenvalue weighted by Gasteiger charge is -2.06. The number of H-pyrrole nitrogens is 1. The number of carbonyl (C=O) groups is 1. The highest BCUT2D eigenvalue weighted by atomic mass is 32.2. The molecular formula is C19H14N4O5S2. The zero-order valence-electron chi connectivity index (χ0n) is 15.1. The Kier molecular flexibility index (Phi) is 5.31. The van der Waals surface area contributed by atoms with E-state index in [2.05, 4.69) is 10.1 Å². The van der Waals surface area contributed by atoms with Crippen molar-refractivity contribution in [1.82, 2.24) is 14.8 Å². The Morgan fingerprint density at radius 1 is 1.17 bits per heavy atom. The number of nitrogens with two attached hydrogens (primary N) is 1. The first-order valence-corrected chi connectivity index (χ1v) is 10.6. The van der Waals surface area contributed by atoms with E-state index in [9.17, 15) is 13.8 Å². The van der Waals surface area contributed by atoms with E-state index in [1.54, 1.807) is 36.4 Å². The Morgan fingerprint density at radius 3 is 2.47 bits per heavy atom. The molecule has 0 aliphatic carbocycles. The molecule has 0 aliphatic rings. The number of nitrogens with zero attached hydrogens (tertiary/aromatic N) is 2. The Hall–Kier alpha value is -3.54. The van der Waals surface area contributed by atoms with Gasteiger partial charge in [-0.3, -0.25) is 9.89 Å². The SMILES string of the molecule is NS(=O)c1ccc(Oc2c(-c3ccccc3)[nH]n(-c3nc(C(=O)O)cs3)c2=O)cc1. The summed E-state index contributed by atoms with van der Waals surface area (Å²) in [5.41, 5.74) is 0.398. The summed E-state index contributed by atoms with van der Waals surface area (Å²) in [6.07, 6.45) is 0. The van der Waals surface area contributed by atoms with Crippen LogP contribution >= 0.6 is 11.3 Å². The number of hydrogen-bond acceptors (Lipinski definition) is 6. The number of rotatable bonds is 6. The van der Waals surface area contributed by atoms with Crippen LogP contribution in [0.4, 0.5) is 0 Å². The number of carboxylic acid groups (broad SMARTS) is 1. The lowest BCUT2D eigenvalue weighted by molar-refractivity contribution is 0.0691. The molecule has 4 N–H and O–H groups in total. The topological polar surface area (TPSA) is 140 Å². The molecule has 0 spiro atoms. The van der Waals surface area contributed by atoms with E-state index in [1.165, 1.54) is 5.38 Å². The summed E-state index contributed by atoms with van der Waals surface area (Å²) in [5.74, 6) is -0.834. The molecule has 0 radical (unpaired) electrons. The number of nitrogens with one attached hydrogen (secondary N) is 1. The normalized spacial score (nSPS) is 11.9. The molecule has 0 saturated heterocycles. The first kappa shape index (κ1) is 19.8. The van der Waals surface area contributed by atoms with E-state index >= 15 is 0 Å². The number of hydrogen-bond donors (Lipinski definition) is 3. The maximum Gasteiger partial charge on any atom is 0.355 e. The predicted molar refractivity (Wildman–Crippen MR) is 112 cm³/mol. The highest BCUT2D eigenvalue weighted by Gasteiger charge is 2.21. The van der Waals surface area contributed by atoms with Crippen molar-refractivity contribution in [2.45, 2.75) is 4.90 Å². The zero-order chi connectivity index (χ0) is 21.3. The van der Waals surface area contributed by atoms with Gasteiger partial charge in [0.25, 0.3) is 0 Å². The molecule has 2 aromatic heterocycles. The molecule has 0 aliphatic heterocycles. The van der Waals surface area contributed by atoms with E-state index in [0.717, 1.165) is 16.0 Å². The Bertz CT molecular complexity index is 1290. The standard InChI is InChI=1S/C19H14N4O5S2/c20-30(27)13-8-6-12(7-9-13)28-16-15(11-4-2-1-3-5-11)22-23(17(16)24)19-21-14(10-29-19)18(25)26/h1-10,22H,20H2,(H,25,26). The van der Waals surface area contributed by atoms with Crippen molar-refractivity contribution in [3.63, 3.8) is 0 Å². The van der Waals surface area contributed by atoms with Crippen LogP contribution in [-0.2, 0) is 11.0 Å². The number of aromatic nitrogens is 3. The summed E-state index contributed by atoms with van der Waals surface area (Å²) >= 11 is 1.01. The lowest BCUT2D eigenvalue weighted by atomic mass is 10.1. The highest BCUT2D eigenvalue weighted by Crippen LogP contribution is 2.30. The molecule has 0 saturated carbocycles. The number of carboxylic acids is 1. The highest BCUT2D eigenvalue weighted by molar-refractivity contribution is 7.82. The Balaban J connectivity index is 1.81. The number of aromatic carboxylic acids is 1. The molecule has 2 heterocycles. The van der Waals surface area contributed by atoms with Crippen LogP contribution in [0, 0.1) is 0 Å². The van der Waals surface area contributed by atoms with Gasteiger partial charge in [-0.1, -0.05) is 30.3 Å². The fourth-order valence-corrected chi connectivity index (χ4v) is 3.84. The quantitative estimate of drug-likeness (QED) is 0.419. The minimum absolute atomic E-state index is 0.00916. The smallest absolute Gasteiger partial charge is 0.355 e. The van der Waals surface area contributed by atoms with Crippen LogP contribution in [-0.4, -0.2) is 30.0 Å². The van der Waals surface area contributed by atoms with E-state index in [1.807, 2.05) is 18.2 Å². The molecule has 152 valence electrons. The molecular weight excluding hydrogens is 428 g/mol. The summed E-state index contributed by atoms with van der Waals surface area (Å²) in [7, 11) is -1.63. The summed E-state index contributed by atoms with van der Waals surface area (Å²) in [6, 6.07) is 15.2. The number of ether oxygens (including phenoxy) is 1. The number of thiazole rings is 1. The Morgan fingerprint density at radius 2 is 1.87 bits per heavy atom. The third-order valence-electron chi connectivity index (χ3n) is 4.09. The van der Waals surface area contributed by atoms with Gasteiger partial charge >= 0.3 is 11.5 Å². The van der Waals surface area contributed by atoms with Crippen LogP contribution in [0.25, 0.3) is 16.4 Å². The van der Waals surface area contributed by atoms with Crippen LogP contribution in [0.15, 0.2) is 69.7 Å². The minimum atomic E-state index is -1.63. The van der Waals surface area contributed by atoms with Crippen LogP contribution in [0.5, 0.6) is 11.5 Å². The average molecular weight is 442 g/mol. The largest absolute Gasteiger partial charge is 0.476 e. The molecule has 4 rings (SSSR count). The molecule has 1 unspecified atom stereocenters. The van der Waals surface area contributed by atoms with E-state index < -0.39 is 22.5 Å². The minimum Gasteiger partial charge on any atom is -0.476 e. The summed E-state index contributed by atoms with van der Waals surface area (Å²) in [6.45, 7) is 0. The van der Waals surface area contributed by atoms with Crippen molar-refractivity contribution in [2.24, 2.45) is 5.14 Å². The predicted octanol–water partition coefficient (Wildman–Crippen LogP) is 2.76. The fraction of sp³-hybridized carbons (Fsp3) is 0. The van der Waals surface area contributed by atoms with Gasteiger partial charge in [-0.05, 0) is 24.3 Å². The van der Waals surface area contributed by atoms with E-state index in [4.69, 9.17) is 15.0 Å². The van der Waals surface area contributed by atoms with Crippen LogP contribution < -0.4 is 15.4 Å². The van der Waals surface area contributed by atoms with Crippen molar-refractivity contribution < 1.29 is 18.8 Å². The van der Waals surface area contributed by atoms with E-state index in [-0.39, 0.29) is 16.6 Å². The fourth-order valence-electron chi connectivity index (χ4n) is 2.68. The van der Waals surface area contributed by atoms with E-state index in [0.29, 0.717) is 21.9 Å². The van der Waals surface area contributed by atoms with Gasteiger partial charge in [-0.25, -0.2) is 19.1 Å². The maximum atomic E-state index is 13.1. The monoisotopic (exact) mass is 442 g/mol. The van der Waals surface area contributed by atoms with Crippen molar-refractivity contribution in [2.75, 3.05) is 0 Å². The average Bonchev–Trinajstić information content (AvgIpc) is 3.35. The molecule has 0 fully saturated rings. The van der Waals surface area contributed by atoms with Crippen molar-refractivity contribution >= 4 is 28.3 Å². The van der Waals surface area contributed by atoms with Crippen LogP contribution in [0.1, 0.15) is 10.5 Å². The second-order valence-electron chi connectivity index (χ2n) is 6.01. The molecule has 4 aromatic rings. The van der Waals surface area contributed by atoms with Crippen LogP contribution in [0.2, 0.25) is 0 Å². The lowest BCUT2D eigenvalue weighted by Crippen LogP contribution is -2.15. The van der Waals surface area contributed by atoms with Gasteiger partial charge in [-0.2, -0.15) is 4.68 Å². The van der Waals surface area contributed by atoms with Gasteiger partial charge < -0.3 is 9.84 Å². The summed E-state index contributed by atoms with van der Waals surface area (Å²) < 4.78 is 18.3. The van der Waals surface area contributed by atoms with Gasteiger partial charge in [0.15, 0.2) is 5.69 Å². The summed E-state index contributed by atoms with van der Waals surface area (Å²) in [5, 5.41) is 18.9. The molecule has 0 bridgehead atoms. The first-order valence-electron chi connectivity index (χ1n) is 8.48. The van der Waals surface area contributed by atoms with Crippen molar-refractivity contribution in [3.05, 3.63) is 76.0 Å². The molecule has 11 heteroatoms. The zero-order valence-corrected chi connectivity index (χ0v) is 16.8. The van der Waals surface area contributed by atoms with Gasteiger partial charge in [-0.15, -0.1) is 11.3 Å². The second kappa shape index (κ2) is 8.06. The number of benzene rings is 2. The molecule has 1 atom stereocenters. The van der Waals surface area contributed by atoms with Gasteiger partial charge in [0.2, 0.25) is 10.9 Å². The first-order chi connectivity index (χ1) is 14.4. The third kappa shape index (κ3) is 3.81. The maximum absolute atomic E-state index is 13.1. The number of aromatic amines is 1. The third-order valence-corrected chi connectivity index (χ3v) is 5.65.